The number of pyridine rings is 1. The monoisotopic (exact) mass is 358 g/mol. The third kappa shape index (κ3) is 4.86. The number of carbonyl (C=O) groups excluding carboxylic acids is 1. The number of thiazole rings is 1. The highest BCUT2D eigenvalue weighted by Gasteiger charge is 2.27. The highest BCUT2D eigenvalue weighted by atomic mass is 32.1. The van der Waals surface area contributed by atoms with Gasteiger partial charge in [0.1, 0.15) is 0 Å². The number of hydrogen-bond donors (Lipinski definition) is 0. The Morgan fingerprint density at radius 2 is 2.20 bits per heavy atom. The van der Waals surface area contributed by atoms with Crippen molar-refractivity contribution in [2.24, 2.45) is 5.92 Å². The standard InChI is InChI=1S/C19H26N4OS/c1-14-4-5-16(9-20-14)8-19(24)23-7-6-17(11-23)10-22(3)12-18-15(2)21-13-25-18/h4-5,9,13,17H,6-8,10-12H2,1-3H3/t17-/m0/s1. The molecule has 3 rings (SSSR count). The van der Waals surface area contributed by atoms with E-state index in [2.05, 4.69) is 28.8 Å². The zero-order valence-corrected chi connectivity index (χ0v) is 16.1. The minimum atomic E-state index is 0.217. The van der Waals surface area contributed by atoms with E-state index in [0.29, 0.717) is 12.3 Å². The predicted molar refractivity (Wildman–Crippen MR) is 101 cm³/mol. The molecule has 3 heterocycles. The zero-order valence-electron chi connectivity index (χ0n) is 15.2. The number of amides is 1. The first kappa shape index (κ1) is 18.0. The number of aryl methyl sites for hydroxylation is 2. The second-order valence-corrected chi connectivity index (χ2v) is 7.98. The molecular formula is C19H26N4OS. The highest BCUT2D eigenvalue weighted by Crippen LogP contribution is 2.20. The summed E-state index contributed by atoms with van der Waals surface area (Å²) in [4.78, 5) is 26.8. The second kappa shape index (κ2) is 8.06. The normalized spacial score (nSPS) is 17.4. The molecule has 1 amide bonds. The molecule has 0 radical (unpaired) electrons. The first-order chi connectivity index (χ1) is 12.0. The smallest absolute Gasteiger partial charge is 0.227 e. The largest absolute Gasteiger partial charge is 0.342 e. The van der Waals surface area contributed by atoms with Gasteiger partial charge in [0, 0.05) is 42.9 Å². The SMILES string of the molecule is Cc1ccc(CC(=O)N2CC[C@@H](CN(C)Cc3scnc3C)C2)cn1. The van der Waals surface area contributed by atoms with Gasteiger partial charge < -0.3 is 9.80 Å². The van der Waals surface area contributed by atoms with Gasteiger partial charge in [0.05, 0.1) is 17.6 Å². The lowest BCUT2D eigenvalue weighted by Crippen LogP contribution is -2.32. The van der Waals surface area contributed by atoms with Gasteiger partial charge in [0.2, 0.25) is 5.91 Å². The lowest BCUT2D eigenvalue weighted by Gasteiger charge is -2.21. The maximum Gasteiger partial charge on any atom is 0.227 e. The van der Waals surface area contributed by atoms with Crippen LogP contribution in [0.2, 0.25) is 0 Å². The van der Waals surface area contributed by atoms with Gasteiger partial charge in [-0.05, 0) is 44.9 Å². The molecule has 0 saturated carbocycles. The molecule has 1 atom stereocenters. The molecule has 6 heteroatoms. The Labute approximate surface area is 153 Å². The molecule has 1 aliphatic rings. The van der Waals surface area contributed by atoms with Crippen LogP contribution in [0.4, 0.5) is 0 Å². The van der Waals surface area contributed by atoms with Crippen LogP contribution < -0.4 is 0 Å². The molecule has 0 aromatic carbocycles. The van der Waals surface area contributed by atoms with Crippen molar-refractivity contribution in [3.63, 3.8) is 0 Å². The maximum atomic E-state index is 12.5. The van der Waals surface area contributed by atoms with Crippen molar-refractivity contribution >= 4 is 17.2 Å². The minimum Gasteiger partial charge on any atom is -0.342 e. The fraction of sp³-hybridized carbons (Fsp3) is 0.526. The molecule has 0 bridgehead atoms. The molecule has 25 heavy (non-hydrogen) atoms. The van der Waals surface area contributed by atoms with E-state index in [9.17, 15) is 4.79 Å². The van der Waals surface area contributed by atoms with Crippen LogP contribution >= 0.6 is 11.3 Å². The molecule has 0 N–H and O–H groups in total. The number of hydrogen-bond acceptors (Lipinski definition) is 5. The van der Waals surface area contributed by atoms with E-state index in [1.165, 1.54) is 4.88 Å². The average molecular weight is 359 g/mol. The van der Waals surface area contributed by atoms with E-state index in [0.717, 1.165) is 49.6 Å². The van der Waals surface area contributed by atoms with Crippen molar-refractivity contribution in [1.82, 2.24) is 19.8 Å². The summed E-state index contributed by atoms with van der Waals surface area (Å²) in [6, 6.07) is 3.96. The van der Waals surface area contributed by atoms with Crippen molar-refractivity contribution in [1.29, 1.82) is 0 Å². The molecule has 0 spiro atoms. The zero-order chi connectivity index (χ0) is 17.8. The minimum absolute atomic E-state index is 0.217. The Balaban J connectivity index is 1.47. The fourth-order valence-electron chi connectivity index (χ4n) is 3.33. The topological polar surface area (TPSA) is 49.3 Å². The van der Waals surface area contributed by atoms with Gasteiger partial charge in [-0.3, -0.25) is 9.78 Å². The highest BCUT2D eigenvalue weighted by molar-refractivity contribution is 7.09. The Morgan fingerprint density at radius 3 is 2.88 bits per heavy atom. The van der Waals surface area contributed by atoms with Crippen molar-refractivity contribution in [3.05, 3.63) is 45.7 Å². The number of carbonyl (C=O) groups is 1. The summed E-state index contributed by atoms with van der Waals surface area (Å²) in [7, 11) is 2.15. The van der Waals surface area contributed by atoms with Crippen LogP contribution in [0.1, 0.15) is 28.2 Å². The summed E-state index contributed by atoms with van der Waals surface area (Å²) in [5, 5.41) is 0. The molecule has 5 nitrogen and oxygen atoms in total. The maximum absolute atomic E-state index is 12.5. The Morgan fingerprint density at radius 1 is 1.36 bits per heavy atom. The van der Waals surface area contributed by atoms with Gasteiger partial charge >= 0.3 is 0 Å². The van der Waals surface area contributed by atoms with E-state index in [4.69, 9.17) is 0 Å². The van der Waals surface area contributed by atoms with Gasteiger partial charge in [-0.25, -0.2) is 4.98 Å². The van der Waals surface area contributed by atoms with Gasteiger partial charge in [0.15, 0.2) is 0 Å². The Bertz CT molecular complexity index is 712. The van der Waals surface area contributed by atoms with Crippen LogP contribution in [-0.4, -0.2) is 52.4 Å². The molecule has 134 valence electrons. The van der Waals surface area contributed by atoms with Crippen LogP contribution in [-0.2, 0) is 17.8 Å². The quantitative estimate of drug-likeness (QED) is 0.797. The summed E-state index contributed by atoms with van der Waals surface area (Å²) in [6.45, 7) is 7.72. The number of rotatable bonds is 6. The number of likely N-dealkylation sites (tertiary alicyclic amines) is 1. The molecule has 0 aliphatic carbocycles. The second-order valence-electron chi connectivity index (χ2n) is 7.04. The molecule has 1 fully saturated rings. The summed E-state index contributed by atoms with van der Waals surface area (Å²) < 4.78 is 0. The summed E-state index contributed by atoms with van der Waals surface area (Å²) in [5.41, 5.74) is 5.02. The number of aromatic nitrogens is 2. The van der Waals surface area contributed by atoms with Crippen molar-refractivity contribution < 1.29 is 4.79 Å². The van der Waals surface area contributed by atoms with Gasteiger partial charge in [-0.2, -0.15) is 0 Å². The van der Waals surface area contributed by atoms with Crippen molar-refractivity contribution in [2.75, 3.05) is 26.7 Å². The van der Waals surface area contributed by atoms with Gasteiger partial charge in [0.25, 0.3) is 0 Å². The van der Waals surface area contributed by atoms with Crippen LogP contribution in [0.15, 0.2) is 23.8 Å². The Hall–Kier alpha value is -1.79. The third-order valence-electron chi connectivity index (χ3n) is 4.79. The molecule has 2 aromatic rings. The third-order valence-corrected chi connectivity index (χ3v) is 5.71. The van der Waals surface area contributed by atoms with Crippen LogP contribution in [0.25, 0.3) is 0 Å². The Kier molecular flexibility index (Phi) is 5.81. The van der Waals surface area contributed by atoms with E-state index in [1.54, 1.807) is 11.3 Å². The average Bonchev–Trinajstić information content (AvgIpc) is 3.19. The molecule has 0 unspecified atom stereocenters. The fourth-order valence-corrected chi connectivity index (χ4v) is 4.18. The van der Waals surface area contributed by atoms with Crippen molar-refractivity contribution in [3.8, 4) is 0 Å². The van der Waals surface area contributed by atoms with Crippen LogP contribution in [0, 0.1) is 19.8 Å². The first-order valence-electron chi connectivity index (χ1n) is 8.78. The van der Waals surface area contributed by atoms with Gasteiger partial charge in [-0.1, -0.05) is 6.07 Å². The van der Waals surface area contributed by atoms with E-state index < -0.39 is 0 Å². The van der Waals surface area contributed by atoms with E-state index in [-0.39, 0.29) is 5.91 Å². The van der Waals surface area contributed by atoms with Crippen molar-refractivity contribution in [2.45, 2.75) is 33.2 Å². The summed E-state index contributed by atoms with van der Waals surface area (Å²) in [6.07, 6.45) is 3.35. The van der Waals surface area contributed by atoms with E-state index in [1.807, 2.05) is 35.7 Å². The molecule has 1 aliphatic heterocycles. The summed E-state index contributed by atoms with van der Waals surface area (Å²) >= 11 is 1.72. The van der Waals surface area contributed by atoms with Crippen LogP contribution in [0.3, 0.4) is 0 Å². The summed E-state index contributed by atoms with van der Waals surface area (Å²) in [5.74, 6) is 0.771. The van der Waals surface area contributed by atoms with Crippen LogP contribution in [0.5, 0.6) is 0 Å². The van der Waals surface area contributed by atoms with Gasteiger partial charge in [-0.15, -0.1) is 11.3 Å². The lowest BCUT2D eigenvalue weighted by molar-refractivity contribution is -0.129. The van der Waals surface area contributed by atoms with E-state index >= 15 is 0 Å². The first-order valence-corrected chi connectivity index (χ1v) is 9.66. The number of nitrogens with zero attached hydrogens (tertiary/aromatic N) is 4. The molecular weight excluding hydrogens is 332 g/mol. The molecule has 1 saturated heterocycles. The lowest BCUT2D eigenvalue weighted by atomic mass is 10.1. The predicted octanol–water partition coefficient (Wildman–Crippen LogP) is 2.68. The molecule has 2 aromatic heterocycles.